The molecule has 0 spiro atoms. The van der Waals surface area contributed by atoms with Gasteiger partial charge in [-0.1, -0.05) is 76.6 Å². The van der Waals surface area contributed by atoms with Gasteiger partial charge in [-0.3, -0.25) is 4.79 Å². The molecule has 5 heteroatoms. The fourth-order valence-corrected chi connectivity index (χ4v) is 3.96. The standard InChI is InChI=1S/C26H17BrN2O2/c27-19-10-5-9-18(15-19)24-16-28-26(31-24)22-13-4-3-12-21(22)25(30)29-23-14-6-8-17-7-1-2-11-20(17)23/h1-16H,(H,29,30). The molecule has 0 aliphatic carbocycles. The smallest absolute Gasteiger partial charge is 0.256 e. The normalized spacial score (nSPS) is 10.9. The highest BCUT2D eigenvalue weighted by Crippen LogP contribution is 2.30. The molecule has 0 saturated carbocycles. The monoisotopic (exact) mass is 468 g/mol. The molecule has 5 rings (SSSR count). The van der Waals surface area contributed by atoms with Crippen molar-refractivity contribution in [1.82, 2.24) is 4.98 Å². The summed E-state index contributed by atoms with van der Waals surface area (Å²) >= 11 is 3.48. The average molecular weight is 469 g/mol. The van der Waals surface area contributed by atoms with Gasteiger partial charge in [0.1, 0.15) is 0 Å². The number of anilines is 1. The second-order valence-electron chi connectivity index (χ2n) is 7.07. The van der Waals surface area contributed by atoms with Crippen LogP contribution < -0.4 is 5.32 Å². The lowest BCUT2D eigenvalue weighted by Gasteiger charge is -2.10. The molecule has 1 amide bonds. The molecule has 4 aromatic carbocycles. The fraction of sp³-hybridized carbons (Fsp3) is 0. The van der Waals surface area contributed by atoms with Crippen molar-refractivity contribution in [3.8, 4) is 22.8 Å². The number of hydrogen-bond donors (Lipinski definition) is 1. The molecule has 0 fully saturated rings. The number of hydrogen-bond acceptors (Lipinski definition) is 3. The van der Waals surface area contributed by atoms with Crippen LogP contribution in [-0.2, 0) is 0 Å². The molecule has 31 heavy (non-hydrogen) atoms. The highest BCUT2D eigenvalue weighted by Gasteiger charge is 2.18. The third-order valence-corrected chi connectivity index (χ3v) is 5.55. The zero-order valence-corrected chi connectivity index (χ0v) is 18.0. The molecule has 0 radical (unpaired) electrons. The molecule has 150 valence electrons. The van der Waals surface area contributed by atoms with E-state index in [1.165, 1.54) is 0 Å². The van der Waals surface area contributed by atoms with Crippen molar-refractivity contribution >= 4 is 38.3 Å². The van der Waals surface area contributed by atoms with Gasteiger partial charge >= 0.3 is 0 Å². The van der Waals surface area contributed by atoms with Crippen LogP contribution in [0.1, 0.15) is 10.4 Å². The van der Waals surface area contributed by atoms with E-state index in [1.807, 2.05) is 84.9 Å². The Kier molecular flexibility index (Phi) is 5.10. The van der Waals surface area contributed by atoms with E-state index in [9.17, 15) is 4.79 Å². The van der Waals surface area contributed by atoms with Crippen molar-refractivity contribution in [3.05, 3.63) is 107 Å². The van der Waals surface area contributed by atoms with Gasteiger partial charge in [0, 0.05) is 26.7 Å². The van der Waals surface area contributed by atoms with E-state index in [-0.39, 0.29) is 5.91 Å². The molecule has 4 nitrogen and oxygen atoms in total. The van der Waals surface area contributed by atoms with Crippen molar-refractivity contribution in [2.24, 2.45) is 0 Å². The Bertz CT molecular complexity index is 1400. The third-order valence-electron chi connectivity index (χ3n) is 5.05. The summed E-state index contributed by atoms with van der Waals surface area (Å²) in [6.45, 7) is 0. The predicted octanol–water partition coefficient (Wildman–Crippen LogP) is 7.18. The largest absolute Gasteiger partial charge is 0.436 e. The van der Waals surface area contributed by atoms with Crippen LogP contribution >= 0.6 is 15.9 Å². The zero-order chi connectivity index (χ0) is 21.2. The number of rotatable bonds is 4. The lowest BCUT2D eigenvalue weighted by Crippen LogP contribution is -2.13. The van der Waals surface area contributed by atoms with Crippen LogP contribution in [0, 0.1) is 0 Å². The van der Waals surface area contributed by atoms with E-state index in [4.69, 9.17) is 4.42 Å². The van der Waals surface area contributed by atoms with Crippen LogP contribution in [0.15, 0.2) is 106 Å². The van der Waals surface area contributed by atoms with Gasteiger partial charge in [-0.05, 0) is 35.7 Å². The Hall–Kier alpha value is -3.70. The minimum Gasteiger partial charge on any atom is -0.436 e. The average Bonchev–Trinajstić information content (AvgIpc) is 3.30. The molecule has 0 aliphatic heterocycles. The number of nitrogens with one attached hydrogen (secondary N) is 1. The number of aromatic nitrogens is 1. The zero-order valence-electron chi connectivity index (χ0n) is 16.4. The Morgan fingerprint density at radius 3 is 2.55 bits per heavy atom. The lowest BCUT2D eigenvalue weighted by molar-refractivity contribution is 0.102. The summed E-state index contributed by atoms with van der Waals surface area (Å²) in [5, 5.41) is 5.10. The Balaban J connectivity index is 1.49. The van der Waals surface area contributed by atoms with Crippen LogP contribution in [0.4, 0.5) is 5.69 Å². The number of carbonyl (C=O) groups is 1. The van der Waals surface area contributed by atoms with Crippen LogP contribution in [0.5, 0.6) is 0 Å². The molecule has 1 heterocycles. The molecule has 0 atom stereocenters. The topological polar surface area (TPSA) is 55.1 Å². The number of nitrogens with zero attached hydrogens (tertiary/aromatic N) is 1. The molecular weight excluding hydrogens is 452 g/mol. The van der Waals surface area contributed by atoms with Crippen LogP contribution in [0.25, 0.3) is 33.6 Å². The second kappa shape index (κ2) is 8.20. The molecule has 0 bridgehead atoms. The van der Waals surface area contributed by atoms with E-state index >= 15 is 0 Å². The van der Waals surface area contributed by atoms with Crippen LogP contribution in [-0.4, -0.2) is 10.9 Å². The summed E-state index contributed by atoms with van der Waals surface area (Å²) in [6.07, 6.45) is 1.68. The van der Waals surface area contributed by atoms with Crippen molar-refractivity contribution in [2.45, 2.75) is 0 Å². The fourth-order valence-electron chi connectivity index (χ4n) is 3.57. The SMILES string of the molecule is O=C(Nc1cccc2ccccc12)c1ccccc1-c1ncc(-c2cccc(Br)c2)o1. The maximum atomic E-state index is 13.2. The van der Waals surface area contributed by atoms with E-state index in [0.29, 0.717) is 22.8 Å². The summed E-state index contributed by atoms with van der Waals surface area (Å²) in [7, 11) is 0. The lowest BCUT2D eigenvalue weighted by atomic mass is 10.1. The maximum absolute atomic E-state index is 13.2. The summed E-state index contributed by atoms with van der Waals surface area (Å²) in [4.78, 5) is 17.6. The van der Waals surface area contributed by atoms with Gasteiger partial charge < -0.3 is 9.73 Å². The minimum atomic E-state index is -0.214. The Morgan fingerprint density at radius 1 is 0.871 bits per heavy atom. The van der Waals surface area contributed by atoms with Gasteiger partial charge in [-0.15, -0.1) is 0 Å². The van der Waals surface area contributed by atoms with Gasteiger partial charge in [0.2, 0.25) is 5.89 Å². The highest BCUT2D eigenvalue weighted by molar-refractivity contribution is 9.10. The number of halogens is 1. The summed E-state index contributed by atoms with van der Waals surface area (Å²) in [5.41, 5.74) is 2.81. The molecule has 0 saturated heterocycles. The van der Waals surface area contributed by atoms with E-state index in [1.54, 1.807) is 12.3 Å². The van der Waals surface area contributed by atoms with E-state index in [0.717, 1.165) is 26.5 Å². The Morgan fingerprint density at radius 2 is 1.65 bits per heavy atom. The highest BCUT2D eigenvalue weighted by atomic mass is 79.9. The third kappa shape index (κ3) is 3.88. The summed E-state index contributed by atoms with van der Waals surface area (Å²) in [6, 6.07) is 28.9. The summed E-state index contributed by atoms with van der Waals surface area (Å²) in [5.74, 6) is 0.827. The second-order valence-corrected chi connectivity index (χ2v) is 7.98. The van der Waals surface area contributed by atoms with Crippen molar-refractivity contribution in [2.75, 3.05) is 5.32 Å². The number of oxazole rings is 1. The molecule has 1 N–H and O–H groups in total. The first kappa shape index (κ1) is 19.3. The minimum absolute atomic E-state index is 0.214. The number of amides is 1. The van der Waals surface area contributed by atoms with Crippen molar-refractivity contribution < 1.29 is 9.21 Å². The molecular formula is C26H17BrN2O2. The molecule has 5 aromatic rings. The quantitative estimate of drug-likeness (QED) is 0.304. The first-order valence-electron chi connectivity index (χ1n) is 9.79. The van der Waals surface area contributed by atoms with Gasteiger partial charge in [0.25, 0.3) is 5.91 Å². The van der Waals surface area contributed by atoms with Gasteiger partial charge in [-0.25, -0.2) is 4.98 Å². The number of fused-ring (bicyclic) bond motifs is 1. The van der Waals surface area contributed by atoms with E-state index < -0.39 is 0 Å². The van der Waals surface area contributed by atoms with E-state index in [2.05, 4.69) is 26.2 Å². The van der Waals surface area contributed by atoms with Crippen molar-refractivity contribution in [1.29, 1.82) is 0 Å². The first-order chi connectivity index (χ1) is 15.2. The van der Waals surface area contributed by atoms with Gasteiger partial charge in [-0.2, -0.15) is 0 Å². The maximum Gasteiger partial charge on any atom is 0.256 e. The molecule has 0 aliphatic rings. The van der Waals surface area contributed by atoms with Gasteiger partial charge in [0.15, 0.2) is 5.76 Å². The molecule has 0 unspecified atom stereocenters. The number of benzene rings is 4. The number of carbonyl (C=O) groups excluding carboxylic acids is 1. The predicted molar refractivity (Wildman–Crippen MR) is 127 cm³/mol. The van der Waals surface area contributed by atoms with Crippen molar-refractivity contribution in [3.63, 3.8) is 0 Å². The Labute approximate surface area is 187 Å². The summed E-state index contributed by atoms with van der Waals surface area (Å²) < 4.78 is 6.97. The van der Waals surface area contributed by atoms with Crippen LogP contribution in [0.3, 0.4) is 0 Å². The first-order valence-corrected chi connectivity index (χ1v) is 10.6. The van der Waals surface area contributed by atoms with Gasteiger partial charge in [0.05, 0.1) is 11.8 Å². The van der Waals surface area contributed by atoms with Crippen LogP contribution in [0.2, 0.25) is 0 Å². The molecule has 1 aromatic heterocycles.